The Morgan fingerprint density at radius 2 is 2.17 bits per heavy atom. The summed E-state index contributed by atoms with van der Waals surface area (Å²) in [7, 11) is -3.05. The van der Waals surface area contributed by atoms with Gasteiger partial charge in [-0.15, -0.1) is 0 Å². The lowest BCUT2D eigenvalue weighted by Gasteiger charge is -2.15. The summed E-state index contributed by atoms with van der Waals surface area (Å²) < 4.78 is 27.5. The number of hydrogen-bond acceptors (Lipinski definition) is 7. The third kappa shape index (κ3) is 4.36. The number of nitrogen functional groups attached to an aromatic ring is 1. The molecule has 1 heterocycles. The van der Waals surface area contributed by atoms with Crippen molar-refractivity contribution in [3.05, 3.63) is 6.33 Å². The van der Waals surface area contributed by atoms with Gasteiger partial charge in [-0.25, -0.2) is 13.4 Å². The Labute approximate surface area is 107 Å². The van der Waals surface area contributed by atoms with Gasteiger partial charge in [0.05, 0.1) is 12.4 Å². The van der Waals surface area contributed by atoms with Gasteiger partial charge in [-0.1, -0.05) is 0 Å². The molecule has 7 nitrogen and oxygen atoms in total. The fourth-order valence-corrected chi connectivity index (χ4v) is 2.47. The Kier molecular flexibility index (Phi) is 4.71. The van der Waals surface area contributed by atoms with E-state index in [9.17, 15) is 8.42 Å². The number of nitrogens with one attached hydrogen (secondary N) is 1. The maximum Gasteiger partial charge on any atom is 0.242 e. The molecule has 1 unspecified atom stereocenters. The van der Waals surface area contributed by atoms with Gasteiger partial charge in [0.1, 0.15) is 21.9 Å². The smallest absolute Gasteiger partial charge is 0.242 e. The van der Waals surface area contributed by atoms with Crippen LogP contribution in [0.5, 0.6) is 5.88 Å². The molecule has 0 fully saturated rings. The minimum atomic E-state index is -3.05. The molecule has 1 atom stereocenters. The van der Waals surface area contributed by atoms with Gasteiger partial charge in [-0.3, -0.25) is 0 Å². The minimum absolute atomic E-state index is 0.000408. The number of aromatic nitrogens is 2. The van der Waals surface area contributed by atoms with Crippen molar-refractivity contribution in [2.24, 2.45) is 0 Å². The molecule has 0 radical (unpaired) electrons. The first-order valence-corrected chi connectivity index (χ1v) is 7.57. The fourth-order valence-electron chi connectivity index (χ4n) is 1.48. The standard InChI is InChI=1S/C10H18N4O3S/c1-4-17-10-8(11)9(12-6-13-10)14-7(2)5-18(3,15)16/h6-7H,4-5,11H2,1-3H3,(H,12,13,14). The molecule has 0 saturated heterocycles. The molecule has 0 aliphatic carbocycles. The molecule has 1 rings (SSSR count). The molecule has 1 aromatic rings. The lowest BCUT2D eigenvalue weighted by Crippen LogP contribution is -2.26. The molecule has 18 heavy (non-hydrogen) atoms. The van der Waals surface area contributed by atoms with E-state index < -0.39 is 9.84 Å². The highest BCUT2D eigenvalue weighted by Gasteiger charge is 2.14. The minimum Gasteiger partial charge on any atom is -0.476 e. The molecule has 0 amide bonds. The molecule has 102 valence electrons. The number of anilines is 2. The number of ether oxygens (including phenoxy) is 1. The Morgan fingerprint density at radius 3 is 2.72 bits per heavy atom. The molecule has 1 aromatic heterocycles. The lowest BCUT2D eigenvalue weighted by atomic mass is 10.3. The third-order valence-electron chi connectivity index (χ3n) is 2.06. The van der Waals surface area contributed by atoms with Gasteiger partial charge in [0, 0.05) is 12.3 Å². The van der Waals surface area contributed by atoms with Crippen molar-refractivity contribution in [1.29, 1.82) is 0 Å². The predicted molar refractivity (Wildman–Crippen MR) is 70.4 cm³/mol. The second-order valence-electron chi connectivity index (χ2n) is 4.01. The Balaban J connectivity index is 2.81. The van der Waals surface area contributed by atoms with Crippen LogP contribution >= 0.6 is 0 Å². The highest BCUT2D eigenvalue weighted by atomic mass is 32.2. The number of sulfone groups is 1. The maximum atomic E-state index is 11.2. The van der Waals surface area contributed by atoms with Crippen molar-refractivity contribution in [3.63, 3.8) is 0 Å². The summed E-state index contributed by atoms with van der Waals surface area (Å²) in [5, 5.41) is 2.93. The first kappa shape index (κ1) is 14.5. The van der Waals surface area contributed by atoms with E-state index in [0.717, 1.165) is 0 Å². The van der Waals surface area contributed by atoms with E-state index >= 15 is 0 Å². The largest absolute Gasteiger partial charge is 0.476 e. The summed E-state index contributed by atoms with van der Waals surface area (Å²) in [5.41, 5.74) is 6.10. The van der Waals surface area contributed by atoms with Crippen LogP contribution in [-0.2, 0) is 9.84 Å². The van der Waals surface area contributed by atoms with Crippen LogP contribution < -0.4 is 15.8 Å². The number of nitrogens with two attached hydrogens (primary N) is 1. The van der Waals surface area contributed by atoms with Crippen LogP contribution in [0.25, 0.3) is 0 Å². The quantitative estimate of drug-likeness (QED) is 0.768. The van der Waals surface area contributed by atoms with Crippen molar-refractivity contribution >= 4 is 21.3 Å². The summed E-state index contributed by atoms with van der Waals surface area (Å²) in [6, 6.07) is -0.299. The number of rotatable bonds is 6. The average Bonchev–Trinajstić information content (AvgIpc) is 2.21. The number of nitrogens with zero attached hydrogens (tertiary/aromatic N) is 2. The van der Waals surface area contributed by atoms with Gasteiger partial charge in [0.15, 0.2) is 5.82 Å². The molecule has 0 spiro atoms. The fraction of sp³-hybridized carbons (Fsp3) is 0.600. The lowest BCUT2D eigenvalue weighted by molar-refractivity contribution is 0.328. The second kappa shape index (κ2) is 5.85. The SMILES string of the molecule is CCOc1ncnc(NC(C)CS(C)(=O)=O)c1N. The van der Waals surface area contributed by atoms with E-state index in [1.54, 1.807) is 6.92 Å². The zero-order valence-corrected chi connectivity index (χ0v) is 11.5. The zero-order chi connectivity index (χ0) is 13.8. The molecule has 0 aliphatic heterocycles. The van der Waals surface area contributed by atoms with Crippen LogP contribution in [0.15, 0.2) is 6.33 Å². The Hall–Kier alpha value is -1.57. The van der Waals surface area contributed by atoms with Crippen molar-refractivity contribution < 1.29 is 13.2 Å². The summed E-state index contributed by atoms with van der Waals surface area (Å²) in [6.07, 6.45) is 2.50. The van der Waals surface area contributed by atoms with Crippen LogP contribution in [0, 0.1) is 0 Å². The molecule has 0 bridgehead atoms. The summed E-state index contributed by atoms with van der Waals surface area (Å²) >= 11 is 0. The van der Waals surface area contributed by atoms with Crippen LogP contribution in [0.4, 0.5) is 11.5 Å². The molecule has 0 saturated carbocycles. The van der Waals surface area contributed by atoms with Gasteiger partial charge >= 0.3 is 0 Å². The van der Waals surface area contributed by atoms with Crippen LogP contribution in [-0.4, -0.2) is 43.0 Å². The van der Waals surface area contributed by atoms with Crippen LogP contribution in [0.3, 0.4) is 0 Å². The summed E-state index contributed by atoms with van der Waals surface area (Å²) in [5.74, 6) is 0.673. The van der Waals surface area contributed by atoms with E-state index in [1.165, 1.54) is 12.6 Å². The van der Waals surface area contributed by atoms with Crippen molar-refractivity contribution in [3.8, 4) is 5.88 Å². The molecule has 3 N–H and O–H groups in total. The Morgan fingerprint density at radius 1 is 1.50 bits per heavy atom. The zero-order valence-electron chi connectivity index (χ0n) is 10.7. The van der Waals surface area contributed by atoms with Gasteiger partial charge in [0.25, 0.3) is 0 Å². The molecule has 0 aromatic carbocycles. The second-order valence-corrected chi connectivity index (χ2v) is 6.20. The van der Waals surface area contributed by atoms with Crippen molar-refractivity contribution in [2.75, 3.05) is 29.7 Å². The van der Waals surface area contributed by atoms with Gasteiger partial charge in [-0.2, -0.15) is 4.98 Å². The van der Waals surface area contributed by atoms with Gasteiger partial charge in [0.2, 0.25) is 5.88 Å². The topological polar surface area (TPSA) is 107 Å². The maximum absolute atomic E-state index is 11.2. The Bertz CT molecular complexity index is 504. The van der Waals surface area contributed by atoms with Gasteiger partial charge in [-0.05, 0) is 13.8 Å². The van der Waals surface area contributed by atoms with Crippen LogP contribution in [0.1, 0.15) is 13.8 Å². The normalized spacial score (nSPS) is 13.1. The van der Waals surface area contributed by atoms with Crippen LogP contribution in [0.2, 0.25) is 0 Å². The molecule has 8 heteroatoms. The first-order valence-electron chi connectivity index (χ1n) is 5.51. The van der Waals surface area contributed by atoms with E-state index in [2.05, 4.69) is 15.3 Å². The molecule has 0 aliphatic rings. The number of hydrogen-bond donors (Lipinski definition) is 2. The van der Waals surface area contributed by atoms with E-state index in [0.29, 0.717) is 18.3 Å². The molecular formula is C10H18N4O3S. The van der Waals surface area contributed by atoms with Crippen molar-refractivity contribution in [1.82, 2.24) is 9.97 Å². The summed E-state index contributed by atoms with van der Waals surface area (Å²) in [6.45, 7) is 4.00. The highest BCUT2D eigenvalue weighted by Crippen LogP contribution is 2.24. The van der Waals surface area contributed by atoms with E-state index in [4.69, 9.17) is 10.5 Å². The average molecular weight is 274 g/mol. The molecular weight excluding hydrogens is 256 g/mol. The van der Waals surface area contributed by atoms with E-state index in [-0.39, 0.29) is 17.5 Å². The third-order valence-corrected chi connectivity index (χ3v) is 3.17. The van der Waals surface area contributed by atoms with Gasteiger partial charge < -0.3 is 15.8 Å². The predicted octanol–water partition coefficient (Wildman–Crippen LogP) is 0.302. The summed E-state index contributed by atoms with van der Waals surface area (Å²) in [4.78, 5) is 7.86. The first-order chi connectivity index (χ1) is 8.33. The monoisotopic (exact) mass is 274 g/mol. The van der Waals surface area contributed by atoms with Crippen molar-refractivity contribution in [2.45, 2.75) is 19.9 Å². The highest BCUT2D eigenvalue weighted by molar-refractivity contribution is 7.90. The van der Waals surface area contributed by atoms with E-state index in [1.807, 2.05) is 6.92 Å².